The minimum absolute atomic E-state index is 0.0190. The molecule has 5 heteroatoms. The maximum Gasteiger partial charge on any atom is 0.309 e. The Morgan fingerprint density at radius 1 is 0.605 bits per heavy atom. The molecule has 2 unspecified atom stereocenters. The van der Waals surface area contributed by atoms with Crippen LogP contribution in [0.5, 0.6) is 0 Å². The van der Waals surface area contributed by atoms with Gasteiger partial charge in [0.15, 0.2) is 0 Å². The second-order valence-corrected chi connectivity index (χ2v) is 11.7. The van der Waals surface area contributed by atoms with Crippen molar-refractivity contribution in [3.63, 3.8) is 0 Å². The molecular formula is C33H65NO4. The molecule has 5 nitrogen and oxygen atoms in total. The number of carbonyl (C=O) groups excluding carboxylic acids is 2. The summed E-state index contributed by atoms with van der Waals surface area (Å²) in [7, 11) is 4.10. The van der Waals surface area contributed by atoms with E-state index in [0.29, 0.717) is 6.42 Å². The summed E-state index contributed by atoms with van der Waals surface area (Å²) in [6.45, 7) is 7.87. The zero-order valence-corrected chi connectivity index (χ0v) is 26.2. The van der Waals surface area contributed by atoms with Crippen molar-refractivity contribution in [2.45, 2.75) is 168 Å². The molecule has 2 atom stereocenters. The molecule has 226 valence electrons. The highest BCUT2D eigenvalue weighted by Crippen LogP contribution is 2.21. The molecule has 0 heterocycles. The van der Waals surface area contributed by atoms with Gasteiger partial charge in [0, 0.05) is 6.42 Å². The summed E-state index contributed by atoms with van der Waals surface area (Å²) < 4.78 is 11.7. The van der Waals surface area contributed by atoms with Crippen molar-refractivity contribution in [1.82, 2.24) is 4.90 Å². The summed E-state index contributed by atoms with van der Waals surface area (Å²) in [6.07, 6.45) is 23.8. The highest BCUT2D eigenvalue weighted by atomic mass is 16.6. The Hall–Kier alpha value is -1.10. The fourth-order valence-electron chi connectivity index (χ4n) is 4.93. The number of nitrogens with zero attached hydrogens (tertiary/aromatic N) is 1. The van der Waals surface area contributed by atoms with E-state index in [-0.39, 0.29) is 30.6 Å². The van der Waals surface area contributed by atoms with Gasteiger partial charge in [0.2, 0.25) is 0 Å². The van der Waals surface area contributed by atoms with Crippen molar-refractivity contribution in [2.24, 2.45) is 5.92 Å². The molecule has 0 amide bonds. The van der Waals surface area contributed by atoms with Crippen molar-refractivity contribution < 1.29 is 19.1 Å². The Labute approximate surface area is 237 Å². The van der Waals surface area contributed by atoms with Gasteiger partial charge in [-0.05, 0) is 59.2 Å². The van der Waals surface area contributed by atoms with Crippen LogP contribution in [0.4, 0.5) is 0 Å². The number of esters is 2. The van der Waals surface area contributed by atoms with Gasteiger partial charge in [0.05, 0.1) is 5.92 Å². The lowest BCUT2D eigenvalue weighted by molar-refractivity contribution is -0.162. The van der Waals surface area contributed by atoms with Crippen LogP contribution >= 0.6 is 0 Å². The number of rotatable bonds is 28. The predicted molar refractivity (Wildman–Crippen MR) is 161 cm³/mol. The predicted octanol–water partition coefficient (Wildman–Crippen LogP) is 9.26. The van der Waals surface area contributed by atoms with Crippen LogP contribution in [0.2, 0.25) is 0 Å². The van der Waals surface area contributed by atoms with Crippen molar-refractivity contribution >= 4 is 11.9 Å². The van der Waals surface area contributed by atoms with Crippen molar-refractivity contribution in [3.8, 4) is 0 Å². The number of carbonyl (C=O) groups is 2. The third-order valence-electron chi connectivity index (χ3n) is 7.47. The number of ether oxygens (including phenoxy) is 2. The molecule has 0 aliphatic carbocycles. The first-order valence-corrected chi connectivity index (χ1v) is 16.4. The van der Waals surface area contributed by atoms with Gasteiger partial charge in [-0.25, -0.2) is 0 Å². The molecule has 0 aromatic carbocycles. The van der Waals surface area contributed by atoms with Crippen LogP contribution in [0, 0.1) is 5.92 Å². The summed E-state index contributed by atoms with van der Waals surface area (Å²) in [4.78, 5) is 27.8. The third-order valence-corrected chi connectivity index (χ3v) is 7.47. The third kappa shape index (κ3) is 24.0. The molecule has 0 aliphatic rings. The van der Waals surface area contributed by atoms with Crippen LogP contribution in [0.25, 0.3) is 0 Å². The summed E-state index contributed by atoms with van der Waals surface area (Å²) in [6, 6.07) is 0. The van der Waals surface area contributed by atoms with E-state index >= 15 is 0 Å². The summed E-state index contributed by atoms with van der Waals surface area (Å²) in [5.74, 6) is -0.251. The standard InChI is InChI=1S/C33H65NO4/c1-6-9-12-15-17-20-25-30(24-19-14-11-8-3)33(36)37-29-31(26-21-18-16-13-10-7-2)38-32(35)27-22-23-28-34(4)5/h30-31H,6-29H2,1-5H3. The Balaban J connectivity index is 4.78. The van der Waals surface area contributed by atoms with Gasteiger partial charge in [0.25, 0.3) is 0 Å². The van der Waals surface area contributed by atoms with Gasteiger partial charge in [-0.1, -0.05) is 117 Å². The monoisotopic (exact) mass is 539 g/mol. The van der Waals surface area contributed by atoms with Gasteiger partial charge in [-0.3, -0.25) is 9.59 Å². The average molecular weight is 540 g/mol. The Morgan fingerprint density at radius 2 is 1.08 bits per heavy atom. The molecule has 38 heavy (non-hydrogen) atoms. The SMILES string of the molecule is CCCCCCCCC(COC(=O)C(CCCCCC)CCCCCCCC)OC(=O)CCCCN(C)C. The molecule has 0 rings (SSSR count). The largest absolute Gasteiger partial charge is 0.462 e. The van der Waals surface area contributed by atoms with Crippen LogP contribution in [0.3, 0.4) is 0 Å². The summed E-state index contributed by atoms with van der Waals surface area (Å²) >= 11 is 0. The highest BCUT2D eigenvalue weighted by Gasteiger charge is 2.22. The van der Waals surface area contributed by atoms with Crippen LogP contribution in [-0.2, 0) is 19.1 Å². The molecule has 0 spiro atoms. The minimum atomic E-state index is -0.318. The van der Waals surface area contributed by atoms with Crippen LogP contribution in [0.1, 0.15) is 162 Å². The fourth-order valence-corrected chi connectivity index (χ4v) is 4.93. The van der Waals surface area contributed by atoms with Gasteiger partial charge >= 0.3 is 11.9 Å². The highest BCUT2D eigenvalue weighted by molar-refractivity contribution is 5.72. The van der Waals surface area contributed by atoms with E-state index in [1.807, 2.05) is 14.1 Å². The lowest BCUT2D eigenvalue weighted by Crippen LogP contribution is -2.28. The van der Waals surface area contributed by atoms with Crippen LogP contribution in [-0.4, -0.2) is 50.2 Å². The molecule has 0 aromatic heterocycles. The number of hydrogen-bond donors (Lipinski definition) is 0. The van der Waals surface area contributed by atoms with E-state index < -0.39 is 0 Å². The molecule has 0 bridgehead atoms. The van der Waals surface area contributed by atoms with Gasteiger partial charge in [-0.2, -0.15) is 0 Å². The summed E-state index contributed by atoms with van der Waals surface area (Å²) in [5, 5.41) is 0. The van der Waals surface area contributed by atoms with Gasteiger partial charge < -0.3 is 14.4 Å². The zero-order valence-electron chi connectivity index (χ0n) is 26.2. The van der Waals surface area contributed by atoms with E-state index in [1.54, 1.807) is 0 Å². The van der Waals surface area contributed by atoms with E-state index in [0.717, 1.165) is 64.3 Å². The second-order valence-electron chi connectivity index (χ2n) is 11.7. The first-order chi connectivity index (χ1) is 18.4. The Morgan fingerprint density at radius 3 is 1.61 bits per heavy atom. The zero-order chi connectivity index (χ0) is 28.3. The topological polar surface area (TPSA) is 55.8 Å². The average Bonchev–Trinajstić information content (AvgIpc) is 2.89. The second kappa shape index (κ2) is 27.5. The van der Waals surface area contributed by atoms with E-state index in [4.69, 9.17) is 9.47 Å². The van der Waals surface area contributed by atoms with Crippen LogP contribution in [0.15, 0.2) is 0 Å². The lowest BCUT2D eigenvalue weighted by atomic mass is 9.94. The molecule has 0 aliphatic heterocycles. The molecule has 0 aromatic rings. The quantitative estimate of drug-likeness (QED) is 0.0732. The summed E-state index contributed by atoms with van der Waals surface area (Å²) in [5.41, 5.74) is 0. The number of unbranched alkanes of at least 4 members (excludes halogenated alkanes) is 14. The van der Waals surface area contributed by atoms with E-state index in [9.17, 15) is 9.59 Å². The van der Waals surface area contributed by atoms with E-state index in [2.05, 4.69) is 25.7 Å². The Kier molecular flexibility index (Phi) is 26.7. The molecule has 0 saturated heterocycles. The Bertz CT molecular complexity index is 537. The molecule has 0 radical (unpaired) electrons. The smallest absolute Gasteiger partial charge is 0.309 e. The van der Waals surface area contributed by atoms with Crippen molar-refractivity contribution in [1.29, 1.82) is 0 Å². The first kappa shape index (κ1) is 36.9. The molecule has 0 saturated carbocycles. The van der Waals surface area contributed by atoms with Gasteiger partial charge in [0.1, 0.15) is 12.7 Å². The molecular weight excluding hydrogens is 474 g/mol. The maximum atomic E-state index is 13.1. The molecule has 0 N–H and O–H groups in total. The first-order valence-electron chi connectivity index (χ1n) is 16.4. The number of hydrogen-bond acceptors (Lipinski definition) is 5. The van der Waals surface area contributed by atoms with Crippen LogP contribution < -0.4 is 0 Å². The van der Waals surface area contributed by atoms with E-state index in [1.165, 1.54) is 77.0 Å². The normalized spacial score (nSPS) is 13.0. The van der Waals surface area contributed by atoms with Crippen molar-refractivity contribution in [2.75, 3.05) is 27.2 Å². The van der Waals surface area contributed by atoms with Gasteiger partial charge in [-0.15, -0.1) is 0 Å². The minimum Gasteiger partial charge on any atom is -0.462 e. The van der Waals surface area contributed by atoms with Crippen molar-refractivity contribution in [3.05, 3.63) is 0 Å². The molecule has 0 fully saturated rings. The maximum absolute atomic E-state index is 13.1. The fraction of sp³-hybridized carbons (Fsp3) is 0.939. The lowest BCUT2D eigenvalue weighted by Gasteiger charge is -2.21.